The van der Waals surface area contributed by atoms with E-state index in [2.05, 4.69) is 0 Å². The fraction of sp³-hybridized carbons (Fsp3) is 0.259. The maximum Gasteiger partial charge on any atom is 0.264 e. The molecule has 3 aromatic carbocycles. The number of Topliss-reactive ketones (excluding diaryl/α,β-unsaturated/α-hetero) is 1. The van der Waals surface area contributed by atoms with Crippen molar-refractivity contribution in [2.75, 3.05) is 33.3 Å². The first-order valence-electron chi connectivity index (χ1n) is 11.0. The van der Waals surface area contributed by atoms with Gasteiger partial charge in [0.05, 0.1) is 52.7 Å². The van der Waals surface area contributed by atoms with Crippen molar-refractivity contribution >= 4 is 17.4 Å². The number of benzene rings is 3. The highest BCUT2D eigenvalue weighted by molar-refractivity contribution is 6.11. The minimum absolute atomic E-state index is 0.176. The van der Waals surface area contributed by atoms with Gasteiger partial charge in [-0.2, -0.15) is 0 Å². The number of ketones is 1. The zero-order chi connectivity index (χ0) is 25.2. The molecule has 1 amide bonds. The summed E-state index contributed by atoms with van der Waals surface area (Å²) in [6.07, 6.45) is -0.450. The van der Waals surface area contributed by atoms with Gasteiger partial charge in [-0.3, -0.25) is 9.59 Å². The summed E-state index contributed by atoms with van der Waals surface area (Å²) in [5.41, 5.74) is -0.112. The lowest BCUT2D eigenvalue weighted by atomic mass is 9.88. The molecule has 0 saturated carbocycles. The third kappa shape index (κ3) is 4.28. The first kappa shape index (κ1) is 24.1. The largest absolute Gasteiger partial charge is 0.497 e. The molecule has 3 aromatic rings. The number of methoxy groups -OCH3 is 4. The predicted molar refractivity (Wildman–Crippen MR) is 130 cm³/mol. The van der Waals surface area contributed by atoms with Crippen LogP contribution in [0.4, 0.5) is 5.69 Å². The van der Waals surface area contributed by atoms with Gasteiger partial charge in [-0.05, 0) is 42.0 Å². The van der Waals surface area contributed by atoms with Crippen LogP contribution in [0.3, 0.4) is 0 Å². The summed E-state index contributed by atoms with van der Waals surface area (Å²) < 4.78 is 21.2. The van der Waals surface area contributed by atoms with Crippen LogP contribution in [-0.2, 0) is 16.9 Å². The molecular weight excluding hydrogens is 450 g/mol. The van der Waals surface area contributed by atoms with Crippen LogP contribution in [0.15, 0.2) is 60.7 Å². The molecule has 1 N–H and O–H groups in total. The summed E-state index contributed by atoms with van der Waals surface area (Å²) in [6, 6.07) is 17.1. The van der Waals surface area contributed by atoms with Crippen molar-refractivity contribution in [3.63, 3.8) is 0 Å². The molecule has 182 valence electrons. The van der Waals surface area contributed by atoms with Crippen molar-refractivity contribution in [2.24, 2.45) is 0 Å². The molecule has 0 saturated heterocycles. The summed E-state index contributed by atoms with van der Waals surface area (Å²) >= 11 is 0. The first-order valence-corrected chi connectivity index (χ1v) is 11.0. The standard InChI is InChI=1S/C27H27NO7/c1-32-18-10-12-23(33-2)19(14-18)22(29)15-27(31)20-7-5-6-8-21(20)28(26(27)30)16-17-9-11-24(34-3)25(13-17)35-4/h5-14,31H,15-16H2,1-4H3/t27-/m0/s1. The minimum atomic E-state index is -2.03. The molecule has 8 heteroatoms. The Morgan fingerprint density at radius 1 is 0.857 bits per heavy atom. The van der Waals surface area contributed by atoms with E-state index in [4.69, 9.17) is 18.9 Å². The number of para-hydroxylation sites is 1. The summed E-state index contributed by atoms with van der Waals surface area (Å²) in [5, 5.41) is 11.6. The van der Waals surface area contributed by atoms with Gasteiger partial charge in [0.2, 0.25) is 0 Å². The lowest BCUT2D eigenvalue weighted by Crippen LogP contribution is -2.41. The number of hydrogen-bond donors (Lipinski definition) is 1. The summed E-state index contributed by atoms with van der Waals surface area (Å²) in [5.74, 6) is 0.872. The van der Waals surface area contributed by atoms with Gasteiger partial charge >= 0.3 is 0 Å². The average Bonchev–Trinajstić information content (AvgIpc) is 3.09. The second-order valence-electron chi connectivity index (χ2n) is 8.12. The van der Waals surface area contributed by atoms with Gasteiger partial charge in [0.1, 0.15) is 11.5 Å². The fourth-order valence-electron chi connectivity index (χ4n) is 4.36. The van der Waals surface area contributed by atoms with E-state index >= 15 is 0 Å². The minimum Gasteiger partial charge on any atom is -0.497 e. The maximum atomic E-state index is 13.6. The predicted octanol–water partition coefficient (Wildman–Crippen LogP) is 3.73. The molecule has 0 bridgehead atoms. The quantitative estimate of drug-likeness (QED) is 0.469. The van der Waals surface area contributed by atoms with Crippen LogP contribution in [0.1, 0.15) is 27.9 Å². The molecule has 1 aliphatic rings. The van der Waals surface area contributed by atoms with E-state index < -0.39 is 23.7 Å². The van der Waals surface area contributed by atoms with Crippen LogP contribution in [-0.4, -0.2) is 45.2 Å². The zero-order valence-electron chi connectivity index (χ0n) is 20.0. The van der Waals surface area contributed by atoms with Gasteiger partial charge in [-0.25, -0.2) is 0 Å². The van der Waals surface area contributed by atoms with Gasteiger partial charge in [0.15, 0.2) is 22.9 Å². The zero-order valence-corrected chi connectivity index (χ0v) is 20.0. The molecule has 0 unspecified atom stereocenters. The van der Waals surface area contributed by atoms with Gasteiger partial charge < -0.3 is 29.0 Å². The Bertz CT molecular complexity index is 1270. The Morgan fingerprint density at radius 3 is 2.23 bits per heavy atom. The van der Waals surface area contributed by atoms with Gasteiger partial charge in [-0.15, -0.1) is 0 Å². The van der Waals surface area contributed by atoms with Crippen LogP contribution >= 0.6 is 0 Å². The average molecular weight is 478 g/mol. The van der Waals surface area contributed by atoms with Crippen LogP contribution in [0.2, 0.25) is 0 Å². The van der Waals surface area contributed by atoms with Crippen LogP contribution in [0.25, 0.3) is 0 Å². The molecule has 1 aliphatic heterocycles. The van der Waals surface area contributed by atoms with Crippen molar-refractivity contribution in [1.29, 1.82) is 0 Å². The molecule has 0 aliphatic carbocycles. The van der Waals surface area contributed by atoms with Crippen molar-refractivity contribution in [3.05, 3.63) is 77.4 Å². The second kappa shape index (κ2) is 9.68. The lowest BCUT2D eigenvalue weighted by molar-refractivity contribution is -0.136. The molecule has 35 heavy (non-hydrogen) atoms. The summed E-state index contributed by atoms with van der Waals surface area (Å²) in [6.45, 7) is 0.176. The smallest absolute Gasteiger partial charge is 0.264 e. The maximum absolute atomic E-state index is 13.6. The second-order valence-corrected chi connectivity index (χ2v) is 8.12. The normalized spacial score (nSPS) is 16.6. The van der Waals surface area contributed by atoms with Crippen molar-refractivity contribution < 1.29 is 33.6 Å². The molecule has 8 nitrogen and oxygen atoms in total. The number of rotatable bonds is 9. The molecule has 0 aromatic heterocycles. The fourth-order valence-corrected chi connectivity index (χ4v) is 4.36. The number of fused-ring (bicyclic) bond motifs is 1. The Hall–Kier alpha value is -4.04. The molecule has 0 spiro atoms. The molecule has 0 fully saturated rings. The van der Waals surface area contributed by atoms with Crippen LogP contribution in [0.5, 0.6) is 23.0 Å². The Balaban J connectivity index is 1.68. The number of carbonyl (C=O) groups excluding carboxylic acids is 2. The monoisotopic (exact) mass is 477 g/mol. The SMILES string of the molecule is COc1ccc(OC)c(C(=O)C[C@@]2(O)C(=O)N(Cc3ccc(OC)c(OC)c3)c3ccccc32)c1. The molecule has 0 radical (unpaired) electrons. The van der Waals surface area contributed by atoms with E-state index in [1.165, 1.54) is 32.3 Å². The highest BCUT2D eigenvalue weighted by Crippen LogP contribution is 2.44. The van der Waals surface area contributed by atoms with Crippen molar-refractivity contribution in [1.82, 2.24) is 0 Å². The number of aliphatic hydroxyl groups is 1. The summed E-state index contributed by atoms with van der Waals surface area (Å²) in [7, 11) is 6.03. The van der Waals surface area contributed by atoms with Gasteiger partial charge in [0, 0.05) is 5.56 Å². The Morgan fingerprint density at radius 2 is 1.54 bits per heavy atom. The Kier molecular flexibility index (Phi) is 6.66. The number of hydrogen-bond acceptors (Lipinski definition) is 7. The van der Waals surface area contributed by atoms with Crippen LogP contribution < -0.4 is 23.8 Å². The van der Waals surface area contributed by atoms with E-state index in [-0.39, 0.29) is 12.1 Å². The number of anilines is 1. The van der Waals surface area contributed by atoms with E-state index in [0.717, 1.165) is 5.56 Å². The van der Waals surface area contributed by atoms with E-state index in [0.29, 0.717) is 34.2 Å². The highest BCUT2D eigenvalue weighted by Gasteiger charge is 2.51. The molecule has 1 atom stereocenters. The third-order valence-corrected chi connectivity index (χ3v) is 6.15. The van der Waals surface area contributed by atoms with Crippen molar-refractivity contribution in [2.45, 2.75) is 18.6 Å². The number of carbonyl (C=O) groups is 2. The number of nitrogens with zero attached hydrogens (tertiary/aromatic N) is 1. The van der Waals surface area contributed by atoms with Crippen molar-refractivity contribution in [3.8, 4) is 23.0 Å². The lowest BCUT2D eigenvalue weighted by Gasteiger charge is -2.23. The topological polar surface area (TPSA) is 94.5 Å². The number of amides is 1. The van der Waals surface area contributed by atoms with Crippen LogP contribution in [0, 0.1) is 0 Å². The molecular formula is C27H27NO7. The molecule has 1 heterocycles. The molecule has 4 rings (SSSR count). The van der Waals surface area contributed by atoms with Gasteiger partial charge in [-0.1, -0.05) is 24.3 Å². The highest BCUT2D eigenvalue weighted by atomic mass is 16.5. The number of ether oxygens (including phenoxy) is 4. The van der Waals surface area contributed by atoms with E-state index in [9.17, 15) is 14.7 Å². The first-order chi connectivity index (χ1) is 16.9. The van der Waals surface area contributed by atoms with Gasteiger partial charge in [0.25, 0.3) is 5.91 Å². The Labute approximate surface area is 203 Å². The summed E-state index contributed by atoms with van der Waals surface area (Å²) in [4.78, 5) is 28.4. The van der Waals surface area contributed by atoms with E-state index in [1.54, 1.807) is 55.6 Å². The third-order valence-electron chi connectivity index (χ3n) is 6.15. The van der Waals surface area contributed by atoms with E-state index in [1.807, 2.05) is 6.07 Å².